The molecule has 0 amide bonds. The minimum atomic E-state index is 0.994. The van der Waals surface area contributed by atoms with Crippen LogP contribution in [0.2, 0.25) is 0 Å². The van der Waals surface area contributed by atoms with Crippen LogP contribution in [0, 0.1) is 6.92 Å². The van der Waals surface area contributed by atoms with Gasteiger partial charge >= 0.3 is 0 Å². The number of anilines is 1. The highest BCUT2D eigenvalue weighted by Crippen LogP contribution is 2.29. The largest absolute Gasteiger partial charge is 0.367 e. The molecular formula is C12H16N4. The fourth-order valence-corrected chi connectivity index (χ4v) is 2.43. The van der Waals surface area contributed by atoms with Crippen LogP contribution in [0.15, 0.2) is 18.3 Å². The van der Waals surface area contributed by atoms with Crippen LogP contribution in [-0.4, -0.2) is 36.1 Å². The second kappa shape index (κ2) is 3.79. The Morgan fingerprint density at radius 3 is 2.94 bits per heavy atom. The monoisotopic (exact) mass is 216 g/mol. The average Bonchev–Trinajstić information content (AvgIpc) is 2.66. The van der Waals surface area contributed by atoms with Crippen LogP contribution in [0.4, 0.5) is 5.69 Å². The number of hydrogen-bond acceptors (Lipinski definition) is 3. The molecule has 0 spiro atoms. The van der Waals surface area contributed by atoms with Crippen LogP contribution < -0.4 is 10.2 Å². The molecule has 2 aromatic heterocycles. The van der Waals surface area contributed by atoms with Crippen molar-refractivity contribution >= 4 is 16.7 Å². The highest BCUT2D eigenvalue weighted by Gasteiger charge is 2.17. The van der Waals surface area contributed by atoms with Gasteiger partial charge in [0.25, 0.3) is 0 Å². The van der Waals surface area contributed by atoms with Crippen molar-refractivity contribution in [2.45, 2.75) is 6.92 Å². The van der Waals surface area contributed by atoms with E-state index in [0.29, 0.717) is 0 Å². The Kier molecular flexibility index (Phi) is 2.29. The third-order valence-electron chi connectivity index (χ3n) is 3.16. The van der Waals surface area contributed by atoms with Crippen molar-refractivity contribution in [1.82, 2.24) is 15.3 Å². The second-order valence-corrected chi connectivity index (χ2v) is 4.24. The molecule has 1 aliphatic rings. The molecule has 1 aliphatic heterocycles. The number of nitrogens with zero attached hydrogens (tertiary/aromatic N) is 2. The van der Waals surface area contributed by atoms with Gasteiger partial charge in [0.1, 0.15) is 5.65 Å². The van der Waals surface area contributed by atoms with E-state index in [0.717, 1.165) is 31.8 Å². The predicted octanol–water partition coefficient (Wildman–Crippen LogP) is 1.28. The minimum Gasteiger partial charge on any atom is -0.367 e. The Balaban J connectivity index is 2.10. The number of H-pyrrole nitrogens is 1. The molecule has 16 heavy (non-hydrogen) atoms. The van der Waals surface area contributed by atoms with E-state index in [9.17, 15) is 0 Å². The van der Waals surface area contributed by atoms with Gasteiger partial charge in [0.15, 0.2) is 0 Å². The van der Waals surface area contributed by atoms with Crippen molar-refractivity contribution in [1.29, 1.82) is 0 Å². The Bertz CT molecular complexity index is 497. The number of aromatic nitrogens is 2. The molecule has 0 aliphatic carbocycles. The Morgan fingerprint density at radius 1 is 1.31 bits per heavy atom. The van der Waals surface area contributed by atoms with Crippen LogP contribution in [0.3, 0.4) is 0 Å². The zero-order valence-electron chi connectivity index (χ0n) is 9.45. The smallest absolute Gasteiger partial charge is 0.139 e. The third kappa shape index (κ3) is 1.46. The van der Waals surface area contributed by atoms with Crippen molar-refractivity contribution in [3.05, 3.63) is 24.0 Å². The van der Waals surface area contributed by atoms with Gasteiger partial charge < -0.3 is 15.2 Å². The molecule has 0 atom stereocenters. The zero-order chi connectivity index (χ0) is 11.0. The summed E-state index contributed by atoms with van der Waals surface area (Å²) in [6, 6.07) is 4.14. The lowest BCUT2D eigenvalue weighted by atomic mass is 10.2. The summed E-state index contributed by atoms with van der Waals surface area (Å²) in [5, 5.41) is 4.61. The van der Waals surface area contributed by atoms with E-state index in [1.807, 2.05) is 12.3 Å². The molecule has 3 rings (SSSR count). The van der Waals surface area contributed by atoms with Crippen LogP contribution >= 0.6 is 0 Å². The van der Waals surface area contributed by atoms with Crippen LogP contribution in [-0.2, 0) is 0 Å². The molecule has 84 valence electrons. The molecular weight excluding hydrogens is 200 g/mol. The van der Waals surface area contributed by atoms with Crippen molar-refractivity contribution in [2.24, 2.45) is 0 Å². The number of hydrogen-bond donors (Lipinski definition) is 2. The Morgan fingerprint density at radius 2 is 2.12 bits per heavy atom. The number of nitrogens with one attached hydrogen (secondary N) is 2. The number of aromatic amines is 1. The molecule has 4 nitrogen and oxygen atoms in total. The quantitative estimate of drug-likeness (QED) is 0.754. The highest BCUT2D eigenvalue weighted by molar-refractivity contribution is 5.92. The van der Waals surface area contributed by atoms with Crippen molar-refractivity contribution < 1.29 is 0 Å². The van der Waals surface area contributed by atoms with E-state index >= 15 is 0 Å². The molecule has 1 fully saturated rings. The standard InChI is InChI=1S/C12H16N4/c1-9-11(16-7-5-13-6-8-16)10-3-2-4-14-12(10)15-9/h2-4,13H,5-8H2,1H3,(H,14,15). The molecule has 1 saturated heterocycles. The van der Waals surface area contributed by atoms with E-state index in [1.54, 1.807) is 0 Å². The maximum Gasteiger partial charge on any atom is 0.139 e. The van der Waals surface area contributed by atoms with Gasteiger partial charge in [-0.15, -0.1) is 0 Å². The van der Waals surface area contributed by atoms with E-state index in [4.69, 9.17) is 0 Å². The lowest BCUT2D eigenvalue weighted by molar-refractivity contribution is 0.589. The molecule has 0 saturated carbocycles. The zero-order valence-corrected chi connectivity index (χ0v) is 9.45. The molecule has 0 radical (unpaired) electrons. The summed E-state index contributed by atoms with van der Waals surface area (Å²) in [6.45, 7) is 6.39. The third-order valence-corrected chi connectivity index (χ3v) is 3.16. The fraction of sp³-hybridized carbons (Fsp3) is 0.417. The molecule has 2 N–H and O–H groups in total. The number of rotatable bonds is 1. The number of piperazine rings is 1. The molecule has 3 heterocycles. The first kappa shape index (κ1) is 9.66. The van der Waals surface area contributed by atoms with Gasteiger partial charge in [0.2, 0.25) is 0 Å². The summed E-state index contributed by atoms with van der Waals surface area (Å²) in [4.78, 5) is 10.1. The first-order valence-corrected chi connectivity index (χ1v) is 5.75. The van der Waals surface area contributed by atoms with Crippen LogP contribution in [0.1, 0.15) is 5.69 Å². The maximum absolute atomic E-state index is 4.36. The normalized spacial score (nSPS) is 16.9. The average molecular weight is 216 g/mol. The Labute approximate surface area is 94.7 Å². The van der Waals surface area contributed by atoms with Crippen LogP contribution in [0.25, 0.3) is 11.0 Å². The second-order valence-electron chi connectivity index (χ2n) is 4.24. The molecule has 0 bridgehead atoms. The highest BCUT2D eigenvalue weighted by atomic mass is 15.2. The van der Waals surface area contributed by atoms with E-state index in [-0.39, 0.29) is 0 Å². The number of pyridine rings is 1. The van der Waals surface area contributed by atoms with E-state index < -0.39 is 0 Å². The lowest BCUT2D eigenvalue weighted by Gasteiger charge is -2.29. The van der Waals surface area contributed by atoms with Crippen molar-refractivity contribution in [3.63, 3.8) is 0 Å². The van der Waals surface area contributed by atoms with Crippen molar-refractivity contribution in [3.8, 4) is 0 Å². The Hall–Kier alpha value is -1.55. The fourth-order valence-electron chi connectivity index (χ4n) is 2.43. The lowest BCUT2D eigenvalue weighted by Crippen LogP contribution is -2.43. The van der Waals surface area contributed by atoms with Gasteiger partial charge in [-0.25, -0.2) is 4.98 Å². The SMILES string of the molecule is Cc1[nH]c2ncccc2c1N1CCNCC1. The van der Waals surface area contributed by atoms with Gasteiger partial charge in [-0.3, -0.25) is 0 Å². The van der Waals surface area contributed by atoms with Crippen molar-refractivity contribution in [2.75, 3.05) is 31.1 Å². The number of aryl methyl sites for hydroxylation is 1. The van der Waals surface area contributed by atoms with E-state index in [2.05, 4.69) is 33.2 Å². The summed E-state index contributed by atoms with van der Waals surface area (Å²) < 4.78 is 0. The number of fused-ring (bicyclic) bond motifs is 1. The van der Waals surface area contributed by atoms with Gasteiger partial charge in [-0.1, -0.05) is 0 Å². The predicted molar refractivity (Wildman–Crippen MR) is 65.9 cm³/mol. The first-order chi connectivity index (χ1) is 7.86. The maximum atomic E-state index is 4.36. The van der Waals surface area contributed by atoms with Gasteiger partial charge in [-0.05, 0) is 19.1 Å². The van der Waals surface area contributed by atoms with Crippen LogP contribution in [0.5, 0.6) is 0 Å². The molecule has 0 aromatic carbocycles. The summed E-state index contributed by atoms with van der Waals surface area (Å²) >= 11 is 0. The summed E-state index contributed by atoms with van der Waals surface area (Å²) in [7, 11) is 0. The van der Waals surface area contributed by atoms with Gasteiger partial charge in [-0.2, -0.15) is 0 Å². The van der Waals surface area contributed by atoms with Gasteiger partial charge in [0, 0.05) is 43.5 Å². The molecule has 4 heteroatoms. The van der Waals surface area contributed by atoms with Gasteiger partial charge in [0.05, 0.1) is 5.69 Å². The molecule has 0 unspecified atom stereocenters. The minimum absolute atomic E-state index is 0.994. The van der Waals surface area contributed by atoms with E-state index in [1.165, 1.54) is 16.8 Å². The summed E-state index contributed by atoms with van der Waals surface area (Å²) in [6.07, 6.45) is 1.83. The first-order valence-electron chi connectivity index (χ1n) is 5.75. The summed E-state index contributed by atoms with van der Waals surface area (Å²) in [5.74, 6) is 0. The summed E-state index contributed by atoms with van der Waals surface area (Å²) in [5.41, 5.74) is 3.54. The topological polar surface area (TPSA) is 44.0 Å². The molecule has 2 aromatic rings.